The molecule has 2 heterocycles. The molecule has 0 fully saturated rings. The fourth-order valence-corrected chi connectivity index (χ4v) is 3.73. The number of carboxylic acids is 1. The van der Waals surface area contributed by atoms with Crippen molar-refractivity contribution in [2.45, 2.75) is 6.54 Å². The number of amides is 1. The number of carbonyl (C=O) groups excluding carboxylic acids is 1. The maximum Gasteiger partial charge on any atom is 0.323 e. The van der Waals surface area contributed by atoms with Crippen LogP contribution in [0.4, 0.5) is 5.69 Å². The minimum atomic E-state index is -1.20. The third-order valence-corrected chi connectivity index (χ3v) is 5.35. The molecule has 9 heteroatoms. The molecule has 0 bridgehead atoms. The van der Waals surface area contributed by atoms with E-state index in [2.05, 4.69) is 10.3 Å². The lowest BCUT2D eigenvalue weighted by Crippen LogP contribution is -2.30. The quantitative estimate of drug-likeness (QED) is 0.441. The van der Waals surface area contributed by atoms with Crippen molar-refractivity contribution < 1.29 is 19.4 Å². The first-order valence-electron chi connectivity index (χ1n) is 9.52. The van der Waals surface area contributed by atoms with Gasteiger partial charge in [0.1, 0.15) is 23.8 Å². The number of ether oxygens (including phenoxy) is 1. The molecule has 4 aromatic rings. The standard InChI is InChI=1S/C23H17N3O5S/c27-19(28)14-26-21(15-7-3-1-4-8-15)24-13-17(23(26)30)25-22(29)18-11-12-20(32-18)31-16-9-5-2-6-10-16/h1-13H,14H2,(H,25,29)(H,27,28). The van der Waals surface area contributed by atoms with Crippen LogP contribution < -0.4 is 15.6 Å². The number of rotatable bonds is 7. The van der Waals surface area contributed by atoms with Crippen LogP contribution >= 0.6 is 11.3 Å². The highest BCUT2D eigenvalue weighted by atomic mass is 32.1. The molecule has 8 nitrogen and oxygen atoms in total. The molecule has 4 rings (SSSR count). The number of aromatic nitrogens is 2. The predicted molar refractivity (Wildman–Crippen MR) is 120 cm³/mol. The summed E-state index contributed by atoms with van der Waals surface area (Å²) >= 11 is 1.12. The van der Waals surface area contributed by atoms with Gasteiger partial charge >= 0.3 is 5.97 Å². The van der Waals surface area contributed by atoms with Gasteiger partial charge in [0.25, 0.3) is 11.5 Å². The van der Waals surface area contributed by atoms with E-state index in [0.717, 1.165) is 15.9 Å². The summed E-state index contributed by atoms with van der Waals surface area (Å²) in [5, 5.41) is 12.3. The average Bonchev–Trinajstić information content (AvgIpc) is 3.26. The van der Waals surface area contributed by atoms with Crippen LogP contribution in [0.5, 0.6) is 10.8 Å². The molecule has 1 amide bonds. The number of para-hydroxylation sites is 1. The summed E-state index contributed by atoms with van der Waals surface area (Å²) in [7, 11) is 0. The summed E-state index contributed by atoms with van der Waals surface area (Å²) in [5.41, 5.74) is -0.188. The van der Waals surface area contributed by atoms with E-state index in [1.54, 1.807) is 54.6 Å². The van der Waals surface area contributed by atoms with Crippen molar-refractivity contribution in [3.63, 3.8) is 0 Å². The van der Waals surface area contributed by atoms with Crippen LogP contribution in [0.25, 0.3) is 11.4 Å². The number of thiophene rings is 1. The second-order valence-electron chi connectivity index (χ2n) is 6.63. The number of hydrogen-bond donors (Lipinski definition) is 2. The normalized spacial score (nSPS) is 10.5. The van der Waals surface area contributed by atoms with Crippen molar-refractivity contribution >= 4 is 28.9 Å². The van der Waals surface area contributed by atoms with Crippen molar-refractivity contribution in [3.05, 3.63) is 94.2 Å². The van der Waals surface area contributed by atoms with Gasteiger partial charge in [0, 0.05) is 5.56 Å². The average molecular weight is 447 g/mol. The molecule has 0 spiro atoms. The molecule has 160 valence electrons. The van der Waals surface area contributed by atoms with Crippen LogP contribution in [-0.2, 0) is 11.3 Å². The van der Waals surface area contributed by atoms with E-state index in [0.29, 0.717) is 21.3 Å². The first-order valence-corrected chi connectivity index (χ1v) is 10.3. The largest absolute Gasteiger partial charge is 0.480 e. The van der Waals surface area contributed by atoms with E-state index < -0.39 is 24.0 Å². The van der Waals surface area contributed by atoms with Gasteiger partial charge in [-0.1, -0.05) is 59.9 Å². The number of benzene rings is 2. The monoisotopic (exact) mass is 447 g/mol. The molecular weight excluding hydrogens is 430 g/mol. The molecule has 2 aromatic carbocycles. The minimum absolute atomic E-state index is 0.116. The lowest BCUT2D eigenvalue weighted by molar-refractivity contribution is -0.137. The highest BCUT2D eigenvalue weighted by Crippen LogP contribution is 2.29. The van der Waals surface area contributed by atoms with Gasteiger partial charge in [0.2, 0.25) is 0 Å². The van der Waals surface area contributed by atoms with Gasteiger partial charge in [-0.3, -0.25) is 19.0 Å². The summed E-state index contributed by atoms with van der Waals surface area (Å²) < 4.78 is 6.73. The maximum atomic E-state index is 12.9. The van der Waals surface area contributed by atoms with Gasteiger partial charge in [-0.05, 0) is 24.3 Å². The van der Waals surface area contributed by atoms with Crippen molar-refractivity contribution in [2.75, 3.05) is 5.32 Å². The molecule has 0 aliphatic heterocycles. The molecule has 2 N–H and O–H groups in total. The number of anilines is 1. The Morgan fingerprint density at radius 1 is 1.00 bits per heavy atom. The second-order valence-corrected chi connectivity index (χ2v) is 7.68. The van der Waals surface area contributed by atoms with E-state index >= 15 is 0 Å². The molecule has 0 aliphatic carbocycles. The third-order valence-electron chi connectivity index (χ3n) is 4.39. The zero-order chi connectivity index (χ0) is 22.5. The Kier molecular flexibility index (Phi) is 6.09. The summed E-state index contributed by atoms with van der Waals surface area (Å²) in [6.07, 6.45) is 1.23. The molecule has 0 atom stereocenters. The lowest BCUT2D eigenvalue weighted by Gasteiger charge is -2.12. The molecule has 0 saturated carbocycles. The minimum Gasteiger partial charge on any atom is -0.480 e. The highest BCUT2D eigenvalue weighted by Gasteiger charge is 2.18. The Labute approximate surface area is 186 Å². The summed E-state index contributed by atoms with van der Waals surface area (Å²) in [6, 6.07) is 21.1. The zero-order valence-corrected chi connectivity index (χ0v) is 17.4. The Bertz CT molecular complexity index is 1320. The number of carboxylic acid groups (broad SMARTS) is 1. The van der Waals surface area contributed by atoms with Gasteiger partial charge in [-0.15, -0.1) is 0 Å². The number of hydrogen-bond acceptors (Lipinski definition) is 6. The molecule has 0 radical (unpaired) electrons. The van der Waals surface area contributed by atoms with E-state index in [4.69, 9.17) is 4.74 Å². The molecule has 32 heavy (non-hydrogen) atoms. The number of carbonyl (C=O) groups is 2. The fourth-order valence-electron chi connectivity index (χ4n) is 2.96. The van der Waals surface area contributed by atoms with Gasteiger partial charge in [-0.25, -0.2) is 4.98 Å². The van der Waals surface area contributed by atoms with Crippen LogP contribution in [-0.4, -0.2) is 26.5 Å². The summed E-state index contributed by atoms with van der Waals surface area (Å²) in [6.45, 7) is -0.589. The van der Waals surface area contributed by atoms with Crippen molar-refractivity contribution in [1.29, 1.82) is 0 Å². The van der Waals surface area contributed by atoms with Crippen molar-refractivity contribution in [3.8, 4) is 22.2 Å². The number of nitrogens with one attached hydrogen (secondary N) is 1. The van der Waals surface area contributed by atoms with Crippen LogP contribution in [0.3, 0.4) is 0 Å². The zero-order valence-electron chi connectivity index (χ0n) is 16.6. The Morgan fingerprint density at radius 3 is 2.38 bits per heavy atom. The van der Waals surface area contributed by atoms with Gasteiger partial charge in [0.15, 0.2) is 5.06 Å². The van der Waals surface area contributed by atoms with Gasteiger partial charge in [0.05, 0.1) is 11.1 Å². The molecule has 0 saturated heterocycles. The van der Waals surface area contributed by atoms with E-state index in [9.17, 15) is 19.5 Å². The summed E-state index contributed by atoms with van der Waals surface area (Å²) in [4.78, 5) is 41.5. The highest BCUT2D eigenvalue weighted by molar-refractivity contribution is 7.15. The first-order chi connectivity index (χ1) is 15.5. The predicted octanol–water partition coefficient (Wildman–Crippen LogP) is 4.10. The Hall–Kier alpha value is -4.24. The third kappa shape index (κ3) is 4.73. The SMILES string of the molecule is O=C(O)Cn1c(-c2ccccc2)ncc(NC(=O)c2ccc(Oc3ccccc3)s2)c1=O. The topological polar surface area (TPSA) is 111 Å². The van der Waals surface area contributed by atoms with E-state index in [-0.39, 0.29) is 11.5 Å². The van der Waals surface area contributed by atoms with Crippen LogP contribution in [0, 0.1) is 0 Å². The number of aliphatic carboxylic acids is 1. The smallest absolute Gasteiger partial charge is 0.323 e. The maximum absolute atomic E-state index is 12.9. The van der Waals surface area contributed by atoms with Crippen LogP contribution in [0.1, 0.15) is 9.67 Å². The molecule has 2 aromatic heterocycles. The Morgan fingerprint density at radius 2 is 1.69 bits per heavy atom. The first kappa shape index (κ1) is 21.0. The molecule has 0 unspecified atom stereocenters. The van der Waals surface area contributed by atoms with Crippen molar-refractivity contribution in [1.82, 2.24) is 9.55 Å². The van der Waals surface area contributed by atoms with Crippen LogP contribution in [0.2, 0.25) is 0 Å². The van der Waals surface area contributed by atoms with Crippen LogP contribution in [0.15, 0.2) is 83.8 Å². The van der Waals surface area contributed by atoms with Gasteiger partial charge < -0.3 is 15.2 Å². The molecular formula is C23H17N3O5S. The van der Waals surface area contributed by atoms with Gasteiger partial charge in [-0.2, -0.15) is 0 Å². The van der Waals surface area contributed by atoms with E-state index in [1.165, 1.54) is 6.20 Å². The molecule has 0 aliphatic rings. The Balaban J connectivity index is 1.58. The summed E-state index contributed by atoms with van der Waals surface area (Å²) in [5.74, 6) is -0.883. The van der Waals surface area contributed by atoms with E-state index in [1.807, 2.05) is 18.2 Å². The van der Waals surface area contributed by atoms with Crippen molar-refractivity contribution in [2.24, 2.45) is 0 Å². The second kappa shape index (κ2) is 9.27. The lowest BCUT2D eigenvalue weighted by atomic mass is 10.2. The fraction of sp³-hybridized carbons (Fsp3) is 0.0435. The number of nitrogens with zero attached hydrogens (tertiary/aromatic N) is 2.